The van der Waals surface area contributed by atoms with Crippen molar-refractivity contribution in [3.05, 3.63) is 0 Å². The van der Waals surface area contributed by atoms with Crippen LogP contribution in [0.4, 0.5) is 0 Å². The van der Waals surface area contributed by atoms with Crippen LogP contribution in [-0.2, 0) is 10.1 Å². The molecular weight excluding hydrogens is 399 g/mol. The Balaban J connectivity index is 0. The zero-order chi connectivity index (χ0) is 20.4. The maximum absolute atomic E-state index is 11.5. The number of unbranched alkanes of at least 4 members (excludes halogenated alkanes) is 13. The van der Waals surface area contributed by atoms with Crippen molar-refractivity contribution in [3.63, 3.8) is 0 Å². The predicted molar refractivity (Wildman–Crippen MR) is 114 cm³/mol. The molecule has 0 aliphatic carbocycles. The fraction of sp³-hybridized carbons (Fsp3) is 1.00. The molecule has 0 bridgehead atoms. The quantitative estimate of drug-likeness (QED) is 0.177. The van der Waals surface area contributed by atoms with E-state index in [4.69, 9.17) is 0 Å². The Labute approximate surface area is 218 Å². The fourth-order valence-electron chi connectivity index (χ4n) is 3.64. The molecule has 1 N–H and O–H groups in total. The van der Waals surface area contributed by atoms with Crippen LogP contribution in [0.1, 0.15) is 129 Å². The van der Waals surface area contributed by atoms with E-state index in [1.807, 2.05) is 0 Å². The van der Waals surface area contributed by atoms with Crippen molar-refractivity contribution in [2.75, 3.05) is 0 Å². The maximum atomic E-state index is 11.5. The Morgan fingerprint density at radius 3 is 1.46 bits per heavy atom. The number of rotatable bonds is 20. The zero-order valence-electron chi connectivity index (χ0n) is 19.0. The van der Waals surface area contributed by atoms with Gasteiger partial charge in [0.2, 0.25) is 0 Å². The number of aliphatic hydroxyl groups excluding tert-OH is 1. The molecule has 2 unspecified atom stereocenters. The van der Waals surface area contributed by atoms with Gasteiger partial charge in [-0.05, 0) is 19.3 Å². The molecule has 0 saturated carbocycles. The second-order valence-electron chi connectivity index (χ2n) is 8.18. The monoisotopic (exact) mass is 444 g/mol. The van der Waals surface area contributed by atoms with Crippen LogP contribution in [0, 0.1) is 0 Å². The molecule has 0 radical (unpaired) electrons. The van der Waals surface area contributed by atoms with Crippen LogP contribution in [0.25, 0.3) is 0 Å². The van der Waals surface area contributed by atoms with Crippen LogP contribution >= 0.6 is 0 Å². The van der Waals surface area contributed by atoms with Gasteiger partial charge < -0.3 is 9.66 Å². The van der Waals surface area contributed by atoms with Crippen LogP contribution < -0.4 is 51.4 Å². The van der Waals surface area contributed by atoms with E-state index in [-0.39, 0.29) is 57.8 Å². The number of hydrogen-bond donors (Lipinski definition) is 1. The number of aliphatic hydroxyl groups is 1. The molecule has 2 atom stereocenters. The first-order valence-electron chi connectivity index (χ1n) is 11.5. The Bertz CT molecular complexity index is 415. The summed E-state index contributed by atoms with van der Waals surface area (Å²) in [5.74, 6) is 0. The molecule has 0 aromatic rings. The molecular formula is C22H45KO4S. The molecule has 0 saturated heterocycles. The Morgan fingerprint density at radius 1 is 0.679 bits per heavy atom. The van der Waals surface area contributed by atoms with Gasteiger partial charge in [-0.15, -0.1) is 0 Å². The second kappa shape index (κ2) is 21.7. The van der Waals surface area contributed by atoms with Crippen LogP contribution in [0.5, 0.6) is 0 Å². The molecule has 0 spiro atoms. The van der Waals surface area contributed by atoms with Gasteiger partial charge >= 0.3 is 51.4 Å². The van der Waals surface area contributed by atoms with Gasteiger partial charge in [-0.1, -0.05) is 110 Å². The first-order valence-corrected chi connectivity index (χ1v) is 13.0. The summed E-state index contributed by atoms with van der Waals surface area (Å²) in [6.45, 7) is 4.33. The van der Waals surface area contributed by atoms with E-state index in [1.54, 1.807) is 0 Å². The standard InChI is InChI=1S/C22H46O4S.K/c1-3-5-7-8-9-10-11-12-13-14-15-17-19-22(27(24,25)26)20-21(23)18-16-6-4-2;/h21-23H,3-20H2,1-2H3,(H,24,25,26);/q;+1/p-1. The smallest absolute Gasteiger partial charge is 0.748 e. The Morgan fingerprint density at radius 2 is 1.04 bits per heavy atom. The van der Waals surface area contributed by atoms with Gasteiger partial charge in [0.05, 0.1) is 21.5 Å². The van der Waals surface area contributed by atoms with E-state index in [2.05, 4.69) is 13.8 Å². The fourth-order valence-corrected chi connectivity index (χ4v) is 4.56. The van der Waals surface area contributed by atoms with Gasteiger partial charge in [-0.2, -0.15) is 0 Å². The van der Waals surface area contributed by atoms with Crippen molar-refractivity contribution in [1.29, 1.82) is 0 Å². The molecule has 0 amide bonds. The molecule has 0 heterocycles. The molecule has 28 heavy (non-hydrogen) atoms. The van der Waals surface area contributed by atoms with Gasteiger partial charge in [0.25, 0.3) is 0 Å². The second-order valence-corrected chi connectivity index (χ2v) is 9.83. The summed E-state index contributed by atoms with van der Waals surface area (Å²) in [5.41, 5.74) is 0. The van der Waals surface area contributed by atoms with Gasteiger partial charge in [0.15, 0.2) is 0 Å². The molecule has 6 heteroatoms. The minimum absolute atomic E-state index is 0. The molecule has 0 fully saturated rings. The first-order chi connectivity index (χ1) is 12.9. The summed E-state index contributed by atoms with van der Waals surface area (Å²) in [5, 5.41) is 9.08. The van der Waals surface area contributed by atoms with Crippen molar-refractivity contribution >= 4 is 10.1 Å². The third kappa shape index (κ3) is 20.8. The average molecular weight is 445 g/mol. The number of hydrogen-bond acceptors (Lipinski definition) is 4. The minimum atomic E-state index is -4.32. The molecule has 0 aliphatic rings. The van der Waals surface area contributed by atoms with Crippen molar-refractivity contribution in [2.24, 2.45) is 0 Å². The SMILES string of the molecule is CCCCCCCCCCCCCCC(CC(O)CCCCC)S(=O)(=O)[O-].[K+]. The van der Waals surface area contributed by atoms with E-state index < -0.39 is 21.5 Å². The van der Waals surface area contributed by atoms with Crippen molar-refractivity contribution in [1.82, 2.24) is 0 Å². The normalized spacial score (nSPS) is 13.9. The van der Waals surface area contributed by atoms with Crippen LogP contribution in [0.2, 0.25) is 0 Å². The summed E-state index contributed by atoms with van der Waals surface area (Å²) in [6.07, 6.45) is 18.1. The van der Waals surface area contributed by atoms with Crippen LogP contribution in [0.3, 0.4) is 0 Å². The van der Waals surface area contributed by atoms with Crippen LogP contribution in [0.15, 0.2) is 0 Å². The predicted octanol–water partition coefficient (Wildman–Crippen LogP) is 3.33. The third-order valence-corrected chi connectivity index (χ3v) is 6.71. The first kappa shape index (κ1) is 31.7. The van der Waals surface area contributed by atoms with E-state index in [0.29, 0.717) is 12.8 Å². The molecule has 0 aliphatic heterocycles. The minimum Gasteiger partial charge on any atom is -0.748 e. The molecule has 0 rings (SSSR count). The summed E-state index contributed by atoms with van der Waals surface area (Å²) < 4.78 is 34.4. The van der Waals surface area contributed by atoms with Crippen LogP contribution in [-0.4, -0.2) is 29.4 Å². The summed E-state index contributed by atoms with van der Waals surface area (Å²) in [6, 6.07) is 0. The summed E-state index contributed by atoms with van der Waals surface area (Å²) >= 11 is 0. The van der Waals surface area contributed by atoms with Gasteiger partial charge in [0.1, 0.15) is 0 Å². The molecule has 0 aromatic carbocycles. The van der Waals surface area contributed by atoms with Crippen molar-refractivity contribution in [3.8, 4) is 0 Å². The molecule has 4 nitrogen and oxygen atoms in total. The van der Waals surface area contributed by atoms with E-state index >= 15 is 0 Å². The van der Waals surface area contributed by atoms with E-state index in [0.717, 1.165) is 38.5 Å². The van der Waals surface area contributed by atoms with Crippen molar-refractivity contribution < 1.29 is 69.5 Å². The Kier molecular flexibility index (Phi) is 24.6. The summed E-state index contributed by atoms with van der Waals surface area (Å²) in [4.78, 5) is 0. The average Bonchev–Trinajstić information content (AvgIpc) is 2.61. The third-order valence-electron chi connectivity index (χ3n) is 5.46. The van der Waals surface area contributed by atoms with Gasteiger partial charge in [-0.3, -0.25) is 0 Å². The zero-order valence-corrected chi connectivity index (χ0v) is 22.9. The maximum Gasteiger partial charge on any atom is 1.00 e. The van der Waals surface area contributed by atoms with E-state index in [9.17, 15) is 18.1 Å². The topological polar surface area (TPSA) is 77.4 Å². The van der Waals surface area contributed by atoms with E-state index in [1.165, 1.54) is 57.8 Å². The summed E-state index contributed by atoms with van der Waals surface area (Å²) in [7, 11) is -4.32. The largest absolute Gasteiger partial charge is 1.00 e. The molecule has 0 aromatic heterocycles. The molecule has 164 valence electrons. The van der Waals surface area contributed by atoms with Gasteiger partial charge in [0, 0.05) is 0 Å². The Hall–Kier alpha value is 1.51. The van der Waals surface area contributed by atoms with Crippen molar-refractivity contribution in [2.45, 2.75) is 141 Å². The van der Waals surface area contributed by atoms with Gasteiger partial charge in [-0.25, -0.2) is 8.42 Å².